The van der Waals surface area contributed by atoms with Gasteiger partial charge in [-0.15, -0.1) is 0 Å². The number of hydrogen-bond acceptors (Lipinski definition) is 2. The van der Waals surface area contributed by atoms with Crippen LogP contribution in [0.2, 0.25) is 0 Å². The first-order valence-corrected chi connectivity index (χ1v) is 24.1. The third-order valence-corrected chi connectivity index (χ3v) is 13.9. The zero-order chi connectivity index (χ0) is 50.8. The van der Waals surface area contributed by atoms with Gasteiger partial charge in [0.1, 0.15) is 34.9 Å². The molecule has 12 aromatic rings. The first kappa shape index (κ1) is 46.0. The van der Waals surface area contributed by atoms with Crippen LogP contribution in [0.4, 0.5) is 60.5 Å². The van der Waals surface area contributed by atoms with E-state index >= 15 is 26.3 Å². The summed E-state index contributed by atoms with van der Waals surface area (Å²) >= 11 is 0. The maximum atomic E-state index is 16.8. The van der Waals surface area contributed by atoms with Gasteiger partial charge in [0.05, 0.1) is 34.1 Å². The summed E-state index contributed by atoms with van der Waals surface area (Å²) in [6.07, 6.45) is 0. The molecular weight excluding hydrogens is 935 g/mol. The van der Waals surface area contributed by atoms with Crippen LogP contribution in [0, 0.1) is 48.8 Å². The summed E-state index contributed by atoms with van der Waals surface area (Å²) in [4.78, 5) is 3.06. The van der Waals surface area contributed by atoms with E-state index in [2.05, 4.69) is 0 Å². The average Bonchev–Trinajstić information content (AvgIpc) is 3.42. The van der Waals surface area contributed by atoms with E-state index in [4.69, 9.17) is 0 Å². The first-order valence-electron chi connectivity index (χ1n) is 24.1. The summed E-state index contributed by atoms with van der Waals surface area (Å²) in [7, 11) is 0. The molecule has 358 valence electrons. The Morgan fingerprint density at radius 2 is 0.622 bits per heavy atom. The number of nitrogens with zero attached hydrogens (tertiary/aromatic N) is 2. The molecule has 0 heterocycles. The van der Waals surface area contributed by atoms with Crippen LogP contribution in [0.1, 0.15) is 11.1 Å². The molecule has 0 N–H and O–H groups in total. The van der Waals surface area contributed by atoms with Crippen LogP contribution in [0.3, 0.4) is 0 Å². The molecule has 2 nitrogen and oxygen atoms in total. The fraction of sp³-hybridized carbons (Fsp3) is 0.0303. The van der Waals surface area contributed by atoms with E-state index in [-0.39, 0.29) is 33.9 Å². The predicted octanol–water partition coefficient (Wildman–Crippen LogP) is 19.6. The monoisotopic (exact) mass is 976 g/mol. The van der Waals surface area contributed by atoms with Crippen molar-refractivity contribution in [3.05, 3.63) is 264 Å². The van der Waals surface area contributed by atoms with E-state index < -0.39 is 34.9 Å². The molecule has 0 fully saturated rings. The van der Waals surface area contributed by atoms with Gasteiger partial charge in [0.15, 0.2) is 0 Å². The minimum absolute atomic E-state index is 0.0207. The normalized spacial score (nSPS) is 11.5. The van der Waals surface area contributed by atoms with Crippen molar-refractivity contribution < 1.29 is 26.3 Å². The second kappa shape index (κ2) is 18.5. The molecule has 12 aromatic carbocycles. The third kappa shape index (κ3) is 8.05. The molecule has 0 saturated heterocycles. The zero-order valence-corrected chi connectivity index (χ0v) is 39.9. The summed E-state index contributed by atoms with van der Waals surface area (Å²) in [6, 6.07) is 61.8. The third-order valence-electron chi connectivity index (χ3n) is 13.9. The highest BCUT2D eigenvalue weighted by Crippen LogP contribution is 2.50. The van der Waals surface area contributed by atoms with Gasteiger partial charge in [-0.3, -0.25) is 0 Å². The minimum atomic E-state index is -0.673. The molecule has 0 aliphatic rings. The second-order valence-corrected chi connectivity index (χ2v) is 18.6. The standard InChI is InChI=1S/C66H42F6N2/c1-39-13-29-61(57(71)33-39)73(63-37-47(19-27-55(63)69)51-35-45(17-25-53(51)67)41-9-5-3-6-10-41)59-31-21-43-16-24-50-60(32-22-44-15-23-49(59)65(43)66(44)50)74(62-30-14-40(2)34-58(62)72)64-38-48(20-28-56(64)70)52-36-46(18-26-54(52)68)42-11-7-4-8-12-42/h3-38H,1-2H3. The van der Waals surface area contributed by atoms with Gasteiger partial charge in [0, 0.05) is 21.9 Å². The Hall–Kier alpha value is -9.14. The van der Waals surface area contributed by atoms with Gasteiger partial charge in [-0.25, -0.2) is 26.3 Å². The van der Waals surface area contributed by atoms with Crippen LogP contribution in [0.25, 0.3) is 76.8 Å². The van der Waals surface area contributed by atoms with E-state index in [9.17, 15) is 0 Å². The van der Waals surface area contributed by atoms with Gasteiger partial charge in [0.2, 0.25) is 0 Å². The summed E-state index contributed by atoms with van der Waals surface area (Å²) in [6.45, 7) is 3.54. The Balaban J connectivity index is 1.07. The van der Waals surface area contributed by atoms with Gasteiger partial charge in [0.25, 0.3) is 0 Å². The molecule has 74 heavy (non-hydrogen) atoms. The fourth-order valence-corrected chi connectivity index (χ4v) is 10.3. The van der Waals surface area contributed by atoms with E-state index in [0.717, 1.165) is 43.8 Å². The highest BCUT2D eigenvalue weighted by molar-refractivity contribution is 6.28. The first-order chi connectivity index (χ1) is 36.0. The largest absolute Gasteiger partial charge is 0.304 e. The molecule has 0 aliphatic heterocycles. The van der Waals surface area contributed by atoms with Gasteiger partial charge in [-0.2, -0.15) is 0 Å². The van der Waals surface area contributed by atoms with E-state index in [0.29, 0.717) is 44.4 Å². The molecule has 0 spiro atoms. The minimum Gasteiger partial charge on any atom is -0.304 e. The second-order valence-electron chi connectivity index (χ2n) is 18.6. The Bertz CT molecular complexity index is 3870. The highest BCUT2D eigenvalue weighted by atomic mass is 19.1. The maximum Gasteiger partial charge on any atom is 0.147 e. The lowest BCUT2D eigenvalue weighted by Crippen LogP contribution is -2.15. The Morgan fingerprint density at radius 3 is 1.03 bits per heavy atom. The van der Waals surface area contributed by atoms with E-state index in [1.54, 1.807) is 74.5 Å². The maximum absolute atomic E-state index is 16.8. The molecule has 0 aromatic heterocycles. The summed E-state index contributed by atoms with van der Waals surface area (Å²) < 4.78 is 98.8. The van der Waals surface area contributed by atoms with Gasteiger partial charge >= 0.3 is 0 Å². The molecule has 0 amide bonds. The molecule has 0 unspecified atom stereocenters. The number of hydrogen-bond donors (Lipinski definition) is 0. The van der Waals surface area contributed by atoms with Crippen LogP contribution >= 0.6 is 0 Å². The van der Waals surface area contributed by atoms with Gasteiger partial charge < -0.3 is 9.80 Å². The van der Waals surface area contributed by atoms with Crippen molar-refractivity contribution in [2.45, 2.75) is 13.8 Å². The molecular formula is C66H42F6N2. The molecule has 0 aliphatic carbocycles. The van der Waals surface area contributed by atoms with E-state index in [1.807, 2.05) is 109 Å². The smallest absolute Gasteiger partial charge is 0.147 e. The Labute approximate surface area is 423 Å². The molecule has 0 atom stereocenters. The number of aryl methyl sites for hydroxylation is 2. The Morgan fingerprint density at radius 1 is 0.257 bits per heavy atom. The lowest BCUT2D eigenvalue weighted by molar-refractivity contribution is 0.618. The fourth-order valence-electron chi connectivity index (χ4n) is 10.3. The van der Waals surface area contributed by atoms with Crippen molar-refractivity contribution in [1.29, 1.82) is 0 Å². The van der Waals surface area contributed by atoms with Gasteiger partial charge in [-0.1, -0.05) is 133 Å². The number of halogens is 6. The quantitative estimate of drug-likeness (QED) is 0.0995. The molecule has 0 radical (unpaired) electrons. The van der Waals surface area contributed by atoms with Crippen LogP contribution < -0.4 is 9.80 Å². The van der Waals surface area contributed by atoms with E-state index in [1.165, 1.54) is 58.3 Å². The van der Waals surface area contributed by atoms with Crippen molar-refractivity contribution in [2.75, 3.05) is 9.80 Å². The van der Waals surface area contributed by atoms with Crippen LogP contribution in [0.15, 0.2) is 218 Å². The lowest BCUT2D eigenvalue weighted by Gasteiger charge is -2.30. The number of benzene rings is 12. The van der Waals surface area contributed by atoms with Crippen molar-refractivity contribution >= 4 is 66.4 Å². The van der Waals surface area contributed by atoms with Crippen LogP contribution in [-0.2, 0) is 0 Å². The average molecular weight is 977 g/mol. The topological polar surface area (TPSA) is 6.48 Å². The summed E-state index contributed by atoms with van der Waals surface area (Å²) in [5, 5.41) is 4.30. The van der Waals surface area contributed by atoms with Crippen molar-refractivity contribution in [3.63, 3.8) is 0 Å². The summed E-state index contributed by atoms with van der Waals surface area (Å²) in [5.41, 5.74) is 6.76. The van der Waals surface area contributed by atoms with Crippen LogP contribution in [0.5, 0.6) is 0 Å². The van der Waals surface area contributed by atoms with Crippen molar-refractivity contribution in [3.8, 4) is 44.5 Å². The molecule has 0 saturated carbocycles. The van der Waals surface area contributed by atoms with Crippen LogP contribution in [-0.4, -0.2) is 0 Å². The number of rotatable bonds is 10. The molecule has 0 bridgehead atoms. The highest BCUT2D eigenvalue weighted by Gasteiger charge is 2.27. The van der Waals surface area contributed by atoms with Crippen molar-refractivity contribution in [1.82, 2.24) is 0 Å². The summed E-state index contributed by atoms with van der Waals surface area (Å²) in [5.74, 6) is -3.58. The predicted molar refractivity (Wildman–Crippen MR) is 290 cm³/mol. The number of anilines is 6. The lowest BCUT2D eigenvalue weighted by atomic mass is 9.91. The molecule has 8 heteroatoms. The van der Waals surface area contributed by atoms with Gasteiger partial charge in [-0.05, 0) is 165 Å². The Kier molecular flexibility index (Phi) is 11.5. The van der Waals surface area contributed by atoms with Crippen molar-refractivity contribution in [2.24, 2.45) is 0 Å². The zero-order valence-electron chi connectivity index (χ0n) is 39.9. The molecule has 12 rings (SSSR count). The SMILES string of the molecule is Cc1ccc(N(c2cc(-c3cc(-c4ccccc4)ccc3F)ccc2F)c2ccc3ccc4c(N(c5ccc(C)cc5F)c5cc(-c6cc(-c7ccccc7)ccc6F)ccc5F)ccc5ccc2c3c54)c(F)c1.